The zero-order chi connectivity index (χ0) is 10.1. The van der Waals surface area contributed by atoms with E-state index in [0.29, 0.717) is 0 Å². The van der Waals surface area contributed by atoms with Gasteiger partial charge >= 0.3 is 65.1 Å². The Balaban J connectivity index is -0.0000000733. The molecule has 10 heteroatoms. The summed E-state index contributed by atoms with van der Waals surface area (Å²) in [5, 5.41) is 26.3. The predicted molar refractivity (Wildman–Crippen MR) is 30.2 cm³/mol. The van der Waals surface area contributed by atoms with Gasteiger partial charge in [0.15, 0.2) is 0 Å². The fourth-order valence-corrected chi connectivity index (χ4v) is 0.177. The summed E-state index contributed by atoms with van der Waals surface area (Å²) in [6.45, 7) is -0.719. The van der Waals surface area contributed by atoms with E-state index in [1.54, 1.807) is 5.32 Å². The zero-order valence-corrected chi connectivity index (χ0v) is 11.8. The van der Waals surface area contributed by atoms with Crippen LogP contribution in [0.2, 0.25) is 0 Å². The van der Waals surface area contributed by atoms with Crippen LogP contribution in [0.3, 0.4) is 0 Å². The van der Waals surface area contributed by atoms with Crippen molar-refractivity contribution in [3.05, 3.63) is 0 Å². The number of rotatable bonds is 1. The standard InChI is InChI=1S/C3H6N2O3.CH2O3.2Na/c4-3(8)5-2(7)1-6;2-1(3)4;;/h6H,1H2,(H3,4,5,7,8);(H2,2,3,4);;/q;;2*+1/p-2. The molecule has 0 saturated heterocycles. The first-order valence-corrected chi connectivity index (χ1v) is 2.48. The number of aliphatic hydroxyl groups is 1. The normalized spacial score (nSPS) is 6.36. The van der Waals surface area contributed by atoms with Crippen molar-refractivity contribution >= 4 is 18.1 Å². The van der Waals surface area contributed by atoms with Crippen LogP contribution in [-0.4, -0.2) is 29.8 Å². The topological polar surface area (TPSA) is 156 Å². The van der Waals surface area contributed by atoms with Crippen molar-refractivity contribution in [1.82, 2.24) is 5.32 Å². The predicted octanol–water partition coefficient (Wildman–Crippen LogP) is -10.3. The molecule has 0 saturated carbocycles. The van der Waals surface area contributed by atoms with Gasteiger partial charge in [0.05, 0.1) is 0 Å². The van der Waals surface area contributed by atoms with Crippen molar-refractivity contribution in [3.63, 3.8) is 0 Å². The number of amides is 3. The fraction of sp³-hybridized carbons (Fsp3) is 0.250. The Bertz CT molecular complexity index is 183. The number of carbonyl (C=O) groups is 3. The minimum absolute atomic E-state index is 0. The van der Waals surface area contributed by atoms with Crippen LogP contribution in [-0.2, 0) is 4.79 Å². The molecule has 0 rings (SSSR count). The van der Waals surface area contributed by atoms with Crippen LogP contribution in [0.15, 0.2) is 0 Å². The molecule has 70 valence electrons. The third-order valence-electron chi connectivity index (χ3n) is 0.406. The number of imide groups is 1. The summed E-state index contributed by atoms with van der Waals surface area (Å²) >= 11 is 0. The first-order valence-electron chi connectivity index (χ1n) is 2.48. The van der Waals surface area contributed by atoms with Gasteiger partial charge in [-0.1, -0.05) is 0 Å². The number of urea groups is 1. The van der Waals surface area contributed by atoms with E-state index in [1.165, 1.54) is 0 Å². The maximum absolute atomic E-state index is 9.96. The number of nitrogens with one attached hydrogen (secondary N) is 1. The Hall–Kier alpha value is 0.170. The largest absolute Gasteiger partial charge is 1.00 e. The molecule has 0 heterocycles. The number of hydrogen-bond donors (Lipinski definition) is 3. The van der Waals surface area contributed by atoms with Gasteiger partial charge in [-0.05, 0) is 6.16 Å². The van der Waals surface area contributed by atoms with Crippen LogP contribution in [0.25, 0.3) is 0 Å². The molecule has 0 fully saturated rings. The third kappa shape index (κ3) is 39.9. The molecular weight excluding hydrogens is 218 g/mol. The van der Waals surface area contributed by atoms with Crippen LogP contribution < -0.4 is 80.4 Å². The Kier molecular flexibility index (Phi) is 26.5. The third-order valence-corrected chi connectivity index (χ3v) is 0.406. The van der Waals surface area contributed by atoms with Crippen LogP contribution in [0.5, 0.6) is 0 Å². The molecule has 3 amide bonds. The Morgan fingerprint density at radius 3 is 1.57 bits per heavy atom. The monoisotopic (exact) mass is 224 g/mol. The van der Waals surface area contributed by atoms with E-state index in [1.807, 2.05) is 0 Å². The molecular formula is C4H6N2Na2O6. The summed E-state index contributed by atoms with van der Waals surface area (Å²) in [6.07, 6.45) is -2.33. The Morgan fingerprint density at radius 1 is 1.21 bits per heavy atom. The van der Waals surface area contributed by atoms with Gasteiger partial charge in [-0.25, -0.2) is 4.79 Å². The van der Waals surface area contributed by atoms with Gasteiger partial charge in [0.1, 0.15) is 6.61 Å². The fourth-order valence-electron chi connectivity index (χ4n) is 0.177. The van der Waals surface area contributed by atoms with Gasteiger partial charge in [-0.3, -0.25) is 10.1 Å². The molecule has 14 heavy (non-hydrogen) atoms. The zero-order valence-electron chi connectivity index (χ0n) is 7.77. The van der Waals surface area contributed by atoms with Crippen LogP contribution in [0.1, 0.15) is 0 Å². The molecule has 8 nitrogen and oxygen atoms in total. The molecule has 0 aliphatic carbocycles. The molecule has 0 spiro atoms. The van der Waals surface area contributed by atoms with E-state index >= 15 is 0 Å². The average Bonchev–Trinajstić information content (AvgIpc) is 1.84. The average molecular weight is 224 g/mol. The van der Waals surface area contributed by atoms with E-state index in [0.717, 1.165) is 0 Å². The molecule has 0 aliphatic heterocycles. The Morgan fingerprint density at radius 2 is 1.50 bits per heavy atom. The van der Waals surface area contributed by atoms with E-state index in [9.17, 15) is 9.59 Å². The van der Waals surface area contributed by atoms with E-state index in [2.05, 4.69) is 5.73 Å². The minimum Gasteiger partial charge on any atom is -0.652 e. The number of primary amides is 1. The number of aliphatic hydroxyl groups excluding tert-OH is 1. The summed E-state index contributed by atoms with van der Waals surface area (Å²) in [6, 6.07) is -0.955. The van der Waals surface area contributed by atoms with Gasteiger partial charge in [-0.15, -0.1) is 0 Å². The maximum atomic E-state index is 9.96. The second kappa shape index (κ2) is 15.6. The number of carbonyl (C=O) groups excluding carboxylic acids is 3. The molecule has 0 aromatic heterocycles. The number of hydrogen-bond acceptors (Lipinski definition) is 6. The minimum atomic E-state index is -2.33. The quantitative estimate of drug-likeness (QED) is 0.375. The molecule has 0 aromatic carbocycles. The van der Waals surface area contributed by atoms with Crippen molar-refractivity contribution in [2.75, 3.05) is 6.61 Å². The van der Waals surface area contributed by atoms with Crippen molar-refractivity contribution in [3.8, 4) is 0 Å². The van der Waals surface area contributed by atoms with Crippen LogP contribution >= 0.6 is 0 Å². The Labute approximate surface area is 123 Å². The number of carboxylic acid groups (broad SMARTS) is 2. The SMILES string of the molecule is NC(=O)NC(=O)CO.O=C([O-])[O-].[Na+].[Na+]. The summed E-state index contributed by atoms with van der Waals surface area (Å²) in [5.74, 6) is -0.794. The maximum Gasteiger partial charge on any atom is 1.00 e. The second-order valence-corrected chi connectivity index (χ2v) is 1.32. The van der Waals surface area contributed by atoms with Crippen molar-refractivity contribution in [1.29, 1.82) is 0 Å². The first-order chi connectivity index (χ1) is 5.40. The van der Waals surface area contributed by atoms with Gasteiger partial charge in [0.2, 0.25) is 0 Å². The van der Waals surface area contributed by atoms with E-state index in [-0.39, 0.29) is 59.1 Å². The van der Waals surface area contributed by atoms with Gasteiger partial charge in [0, 0.05) is 0 Å². The second-order valence-electron chi connectivity index (χ2n) is 1.32. The van der Waals surface area contributed by atoms with Crippen molar-refractivity contribution in [2.45, 2.75) is 0 Å². The molecule has 0 bridgehead atoms. The molecule has 4 N–H and O–H groups in total. The van der Waals surface area contributed by atoms with Crippen LogP contribution in [0, 0.1) is 0 Å². The van der Waals surface area contributed by atoms with E-state index in [4.69, 9.17) is 20.1 Å². The smallest absolute Gasteiger partial charge is 0.652 e. The van der Waals surface area contributed by atoms with Gasteiger partial charge < -0.3 is 25.8 Å². The molecule has 0 aromatic rings. The molecule has 0 atom stereocenters. The molecule has 0 unspecified atom stereocenters. The summed E-state index contributed by atoms with van der Waals surface area (Å²) in [4.78, 5) is 28.0. The summed E-state index contributed by atoms with van der Waals surface area (Å²) in [5.41, 5.74) is 4.49. The molecule has 0 radical (unpaired) electrons. The molecule has 0 aliphatic rings. The first kappa shape index (κ1) is 23.8. The number of nitrogens with two attached hydrogens (primary N) is 1. The van der Waals surface area contributed by atoms with Crippen LogP contribution in [0.4, 0.5) is 9.59 Å². The summed E-state index contributed by atoms with van der Waals surface area (Å²) < 4.78 is 0. The van der Waals surface area contributed by atoms with Crippen molar-refractivity contribution < 1.29 is 88.8 Å². The van der Waals surface area contributed by atoms with Crippen molar-refractivity contribution in [2.24, 2.45) is 5.73 Å². The summed E-state index contributed by atoms with van der Waals surface area (Å²) in [7, 11) is 0. The van der Waals surface area contributed by atoms with Gasteiger partial charge in [-0.2, -0.15) is 0 Å². The van der Waals surface area contributed by atoms with Gasteiger partial charge in [0.25, 0.3) is 5.91 Å². The van der Waals surface area contributed by atoms with E-state index < -0.39 is 24.7 Å².